The van der Waals surface area contributed by atoms with E-state index in [2.05, 4.69) is 0 Å². The van der Waals surface area contributed by atoms with Crippen molar-refractivity contribution in [2.24, 2.45) is 5.92 Å². The number of aryl methyl sites for hydroxylation is 1. The second-order valence-electron chi connectivity index (χ2n) is 6.78. The third-order valence-electron chi connectivity index (χ3n) is 5.18. The van der Waals surface area contributed by atoms with Crippen molar-refractivity contribution in [1.82, 2.24) is 9.80 Å². The molecule has 2 amide bonds. The van der Waals surface area contributed by atoms with Crippen molar-refractivity contribution in [2.75, 3.05) is 26.2 Å². The number of carbonyl (C=O) groups excluding carboxylic acids is 2. The van der Waals surface area contributed by atoms with Crippen LogP contribution in [-0.2, 0) is 16.0 Å². The Balaban J connectivity index is 1.49. The summed E-state index contributed by atoms with van der Waals surface area (Å²) in [5.74, 6) is 0.282. The van der Waals surface area contributed by atoms with Crippen LogP contribution in [0.15, 0.2) is 24.3 Å². The van der Waals surface area contributed by atoms with E-state index in [0.717, 1.165) is 32.2 Å². The highest BCUT2D eigenvalue weighted by Crippen LogP contribution is 2.28. The van der Waals surface area contributed by atoms with Crippen LogP contribution in [0.4, 0.5) is 4.39 Å². The molecule has 0 unspecified atom stereocenters. The lowest BCUT2D eigenvalue weighted by Gasteiger charge is -2.31. The molecule has 0 atom stereocenters. The maximum atomic E-state index is 13.6. The van der Waals surface area contributed by atoms with Crippen molar-refractivity contribution in [3.8, 4) is 0 Å². The van der Waals surface area contributed by atoms with Crippen molar-refractivity contribution in [3.05, 3.63) is 35.6 Å². The molecular formula is C19H25FN2O2. The number of benzene rings is 1. The minimum absolute atomic E-state index is 0.0520. The maximum Gasteiger partial charge on any atom is 0.225 e. The van der Waals surface area contributed by atoms with Crippen LogP contribution in [0.5, 0.6) is 0 Å². The molecule has 1 saturated heterocycles. The molecule has 4 nitrogen and oxygen atoms in total. The summed E-state index contributed by atoms with van der Waals surface area (Å²) >= 11 is 0. The summed E-state index contributed by atoms with van der Waals surface area (Å²) in [5, 5.41) is 0. The Bertz CT molecular complexity index is 601. The average Bonchev–Trinajstić information content (AvgIpc) is 2.78. The van der Waals surface area contributed by atoms with E-state index in [0.29, 0.717) is 38.0 Å². The molecule has 1 saturated carbocycles. The van der Waals surface area contributed by atoms with Gasteiger partial charge in [0.05, 0.1) is 0 Å². The molecule has 1 aromatic rings. The second-order valence-corrected chi connectivity index (χ2v) is 6.78. The summed E-state index contributed by atoms with van der Waals surface area (Å²) in [6.45, 7) is 2.65. The standard InChI is InChI=1S/C19H25FN2O2/c20-17-8-2-1-5-15(17)9-10-18(23)21-11-4-12-22(14-13-21)19(24)16-6-3-7-16/h1-2,5,8,16H,3-4,6-7,9-14H2. The number of rotatable bonds is 4. The van der Waals surface area contributed by atoms with E-state index < -0.39 is 0 Å². The highest BCUT2D eigenvalue weighted by atomic mass is 19.1. The zero-order valence-electron chi connectivity index (χ0n) is 14.0. The van der Waals surface area contributed by atoms with Gasteiger partial charge in [-0.2, -0.15) is 0 Å². The summed E-state index contributed by atoms with van der Waals surface area (Å²) in [7, 11) is 0. The molecule has 0 N–H and O–H groups in total. The first-order valence-electron chi connectivity index (χ1n) is 8.95. The van der Waals surface area contributed by atoms with Gasteiger partial charge in [-0.15, -0.1) is 0 Å². The van der Waals surface area contributed by atoms with Gasteiger partial charge in [0.2, 0.25) is 11.8 Å². The number of nitrogens with zero attached hydrogens (tertiary/aromatic N) is 2. The summed E-state index contributed by atoms with van der Waals surface area (Å²) in [6, 6.07) is 6.60. The van der Waals surface area contributed by atoms with E-state index in [1.165, 1.54) is 6.07 Å². The number of amides is 2. The third kappa shape index (κ3) is 3.94. The van der Waals surface area contributed by atoms with Gasteiger partial charge >= 0.3 is 0 Å². The molecule has 0 spiro atoms. The van der Waals surface area contributed by atoms with Crippen LogP contribution >= 0.6 is 0 Å². The smallest absolute Gasteiger partial charge is 0.225 e. The predicted octanol–water partition coefficient (Wildman–Crippen LogP) is 2.62. The van der Waals surface area contributed by atoms with Crippen LogP contribution in [0.1, 0.15) is 37.7 Å². The lowest BCUT2D eigenvalue weighted by Crippen LogP contribution is -2.41. The molecule has 1 aromatic carbocycles. The fourth-order valence-corrected chi connectivity index (χ4v) is 3.40. The van der Waals surface area contributed by atoms with Crippen molar-refractivity contribution in [1.29, 1.82) is 0 Å². The Kier molecular flexibility index (Phi) is 5.48. The molecule has 5 heteroatoms. The molecule has 1 heterocycles. The van der Waals surface area contributed by atoms with Gasteiger partial charge in [0.1, 0.15) is 5.82 Å². The van der Waals surface area contributed by atoms with E-state index in [1.54, 1.807) is 18.2 Å². The molecule has 0 radical (unpaired) electrons. The Morgan fingerprint density at radius 2 is 1.71 bits per heavy atom. The van der Waals surface area contributed by atoms with Crippen LogP contribution in [0.2, 0.25) is 0 Å². The van der Waals surface area contributed by atoms with Crippen LogP contribution in [0.25, 0.3) is 0 Å². The highest BCUT2D eigenvalue weighted by Gasteiger charge is 2.30. The van der Waals surface area contributed by atoms with Gasteiger partial charge in [0.25, 0.3) is 0 Å². The van der Waals surface area contributed by atoms with Crippen molar-refractivity contribution < 1.29 is 14.0 Å². The number of carbonyl (C=O) groups is 2. The highest BCUT2D eigenvalue weighted by molar-refractivity contribution is 5.80. The van der Waals surface area contributed by atoms with Gasteiger partial charge in [0, 0.05) is 38.5 Å². The van der Waals surface area contributed by atoms with Crippen LogP contribution in [-0.4, -0.2) is 47.8 Å². The molecule has 130 valence electrons. The quantitative estimate of drug-likeness (QED) is 0.850. The molecule has 2 aliphatic rings. The van der Waals surface area contributed by atoms with E-state index in [-0.39, 0.29) is 23.5 Å². The molecular weight excluding hydrogens is 307 g/mol. The van der Waals surface area contributed by atoms with Gasteiger partial charge < -0.3 is 9.80 Å². The maximum absolute atomic E-state index is 13.6. The van der Waals surface area contributed by atoms with Crippen molar-refractivity contribution in [2.45, 2.75) is 38.5 Å². The fourth-order valence-electron chi connectivity index (χ4n) is 3.40. The normalized spacial score (nSPS) is 18.9. The van der Waals surface area contributed by atoms with Gasteiger partial charge in [-0.1, -0.05) is 24.6 Å². The first kappa shape index (κ1) is 16.9. The molecule has 0 bridgehead atoms. The monoisotopic (exact) mass is 332 g/mol. The van der Waals surface area contributed by atoms with E-state index >= 15 is 0 Å². The Morgan fingerprint density at radius 3 is 2.42 bits per heavy atom. The topological polar surface area (TPSA) is 40.6 Å². The van der Waals surface area contributed by atoms with Crippen molar-refractivity contribution >= 4 is 11.8 Å². The zero-order valence-corrected chi connectivity index (χ0v) is 14.0. The largest absolute Gasteiger partial charge is 0.341 e. The number of halogens is 1. The van der Waals surface area contributed by atoms with Crippen LogP contribution in [0, 0.1) is 11.7 Å². The molecule has 1 aliphatic heterocycles. The van der Waals surface area contributed by atoms with Gasteiger partial charge in [-0.25, -0.2) is 4.39 Å². The lowest BCUT2D eigenvalue weighted by atomic mass is 9.84. The van der Waals surface area contributed by atoms with Crippen LogP contribution in [0.3, 0.4) is 0 Å². The van der Waals surface area contributed by atoms with E-state index in [1.807, 2.05) is 9.80 Å². The average molecular weight is 332 g/mol. The SMILES string of the molecule is O=C(CCc1ccccc1F)N1CCCN(C(=O)C2CCC2)CC1. The zero-order chi connectivity index (χ0) is 16.9. The van der Waals surface area contributed by atoms with Gasteiger partial charge in [-0.05, 0) is 37.3 Å². The molecule has 0 aromatic heterocycles. The summed E-state index contributed by atoms with van der Waals surface area (Å²) in [6.07, 6.45) is 4.75. The minimum Gasteiger partial charge on any atom is -0.341 e. The van der Waals surface area contributed by atoms with E-state index in [4.69, 9.17) is 0 Å². The minimum atomic E-state index is -0.251. The van der Waals surface area contributed by atoms with E-state index in [9.17, 15) is 14.0 Å². The third-order valence-corrected chi connectivity index (χ3v) is 5.18. The first-order chi connectivity index (χ1) is 11.6. The Labute approximate surface area is 142 Å². The Morgan fingerprint density at radius 1 is 1.00 bits per heavy atom. The first-order valence-corrected chi connectivity index (χ1v) is 8.95. The number of hydrogen-bond donors (Lipinski definition) is 0. The molecule has 1 aliphatic carbocycles. The summed E-state index contributed by atoms with van der Waals surface area (Å²) in [5.41, 5.74) is 0.586. The Hall–Kier alpha value is -1.91. The van der Waals surface area contributed by atoms with Gasteiger partial charge in [0.15, 0.2) is 0 Å². The fraction of sp³-hybridized carbons (Fsp3) is 0.579. The second kappa shape index (κ2) is 7.77. The van der Waals surface area contributed by atoms with Crippen molar-refractivity contribution in [3.63, 3.8) is 0 Å². The lowest BCUT2D eigenvalue weighted by molar-refractivity contribution is -0.138. The molecule has 3 rings (SSSR count). The predicted molar refractivity (Wildman–Crippen MR) is 89.8 cm³/mol. The van der Waals surface area contributed by atoms with Crippen LogP contribution < -0.4 is 0 Å². The van der Waals surface area contributed by atoms with Gasteiger partial charge in [-0.3, -0.25) is 9.59 Å². The molecule has 2 fully saturated rings. The number of hydrogen-bond acceptors (Lipinski definition) is 2. The molecule has 24 heavy (non-hydrogen) atoms. The summed E-state index contributed by atoms with van der Waals surface area (Å²) < 4.78 is 13.6. The summed E-state index contributed by atoms with van der Waals surface area (Å²) in [4.78, 5) is 28.5.